The summed E-state index contributed by atoms with van der Waals surface area (Å²) in [5, 5.41) is 7.10. The largest absolute Gasteiger partial charge is 0.286 e. The van der Waals surface area contributed by atoms with Crippen LogP contribution in [0.4, 0.5) is 4.39 Å². The summed E-state index contributed by atoms with van der Waals surface area (Å²) in [5.41, 5.74) is 7.23. The van der Waals surface area contributed by atoms with Gasteiger partial charge in [-0.15, -0.1) is 0 Å². The second-order valence-corrected chi connectivity index (χ2v) is 10.2. The third-order valence-corrected chi connectivity index (χ3v) is 7.79. The van der Waals surface area contributed by atoms with Crippen LogP contribution in [-0.4, -0.2) is 33.8 Å². The molecule has 0 radical (unpaired) electrons. The molecular weight excluding hydrogens is 415 g/mol. The van der Waals surface area contributed by atoms with E-state index in [0.717, 1.165) is 82.0 Å². The Labute approximate surface area is 196 Å². The number of carbonyl (C=O) groups excluding carboxylic acids is 1. The fourth-order valence-corrected chi connectivity index (χ4v) is 6.13. The van der Waals surface area contributed by atoms with Gasteiger partial charge < -0.3 is 0 Å². The van der Waals surface area contributed by atoms with Crippen molar-refractivity contribution >= 4 is 5.91 Å². The number of carbonyl (C=O) groups is 1. The fraction of sp³-hybridized carbons (Fsp3) is 0.630. The predicted octanol–water partition coefficient (Wildman–Crippen LogP) is 5.71. The monoisotopic (exact) mass is 452 g/mol. The molecule has 1 saturated heterocycles. The van der Waals surface area contributed by atoms with Gasteiger partial charge in [-0.3, -0.25) is 14.9 Å². The molecule has 1 N–H and O–H groups in total. The topological polar surface area (TPSA) is 50.2 Å². The van der Waals surface area contributed by atoms with E-state index >= 15 is 0 Å². The van der Waals surface area contributed by atoms with Crippen molar-refractivity contribution in [1.82, 2.24) is 20.2 Å². The number of amides is 1. The molecule has 0 spiro atoms. The van der Waals surface area contributed by atoms with Gasteiger partial charge in [-0.25, -0.2) is 9.40 Å². The van der Waals surface area contributed by atoms with Gasteiger partial charge in [0.15, 0.2) is 5.69 Å². The Balaban J connectivity index is 1.50. The molecule has 33 heavy (non-hydrogen) atoms. The minimum absolute atomic E-state index is 0.0471. The molecular formula is C27H37FN4O. The van der Waals surface area contributed by atoms with Crippen LogP contribution >= 0.6 is 0 Å². The van der Waals surface area contributed by atoms with Gasteiger partial charge in [-0.05, 0) is 69.1 Å². The van der Waals surface area contributed by atoms with Crippen molar-refractivity contribution in [3.05, 3.63) is 52.6 Å². The van der Waals surface area contributed by atoms with Gasteiger partial charge in [0.25, 0.3) is 5.91 Å². The molecule has 1 unspecified atom stereocenters. The van der Waals surface area contributed by atoms with Gasteiger partial charge in [0, 0.05) is 30.3 Å². The minimum atomic E-state index is -0.177. The summed E-state index contributed by atoms with van der Waals surface area (Å²) >= 11 is 0. The molecule has 2 aliphatic carbocycles. The maximum Gasteiger partial charge on any atom is 0.286 e. The van der Waals surface area contributed by atoms with Crippen molar-refractivity contribution < 1.29 is 9.18 Å². The number of aromatic nitrogens is 2. The number of hydrazine groups is 1. The number of fused-ring (bicyclic) bond motifs is 1. The first-order chi connectivity index (χ1) is 16.2. The van der Waals surface area contributed by atoms with Gasteiger partial charge in [-0.1, -0.05) is 44.2 Å². The standard InChI is InChI=1S/C27H37FN4O/c28-22-12-9-10-20(19-22)18-21-11-5-6-15-24-25(27(33)30-31-16-7-2-8-17-31)29-32(26(21)24)23-13-3-1-4-14-23/h9-10,12,19,21,23H,1-8,11,13-18H2,(H,30,33). The van der Waals surface area contributed by atoms with E-state index in [1.54, 1.807) is 12.1 Å². The van der Waals surface area contributed by atoms with Gasteiger partial charge >= 0.3 is 0 Å². The molecule has 1 atom stereocenters. The molecule has 2 aromatic rings. The molecule has 178 valence electrons. The summed E-state index contributed by atoms with van der Waals surface area (Å²) in [6.07, 6.45) is 14.5. The number of hydrogen-bond acceptors (Lipinski definition) is 3. The van der Waals surface area contributed by atoms with Crippen LogP contribution in [0.5, 0.6) is 0 Å². The van der Waals surface area contributed by atoms with Gasteiger partial charge in [0.1, 0.15) is 5.82 Å². The van der Waals surface area contributed by atoms with Crippen LogP contribution in [0.15, 0.2) is 24.3 Å². The molecule has 2 fully saturated rings. The van der Waals surface area contributed by atoms with Crippen molar-refractivity contribution in [1.29, 1.82) is 0 Å². The Morgan fingerprint density at radius 1 is 1.00 bits per heavy atom. The summed E-state index contributed by atoms with van der Waals surface area (Å²) in [5.74, 6) is 0.0492. The van der Waals surface area contributed by atoms with E-state index in [4.69, 9.17) is 5.10 Å². The van der Waals surface area contributed by atoms with Gasteiger partial charge in [-0.2, -0.15) is 5.10 Å². The molecule has 1 aromatic carbocycles. The smallest absolute Gasteiger partial charge is 0.283 e. The van der Waals surface area contributed by atoms with E-state index in [1.807, 2.05) is 6.07 Å². The van der Waals surface area contributed by atoms with Crippen LogP contribution in [0.1, 0.15) is 110 Å². The maximum atomic E-state index is 13.9. The summed E-state index contributed by atoms with van der Waals surface area (Å²) in [4.78, 5) is 13.4. The molecule has 6 heteroatoms. The molecule has 1 aliphatic heterocycles. The Hall–Kier alpha value is -2.21. The number of piperidine rings is 1. The predicted molar refractivity (Wildman–Crippen MR) is 128 cm³/mol. The summed E-state index contributed by atoms with van der Waals surface area (Å²) < 4.78 is 16.2. The molecule has 1 amide bonds. The van der Waals surface area contributed by atoms with Crippen LogP contribution in [0.2, 0.25) is 0 Å². The van der Waals surface area contributed by atoms with Crippen LogP contribution in [-0.2, 0) is 12.8 Å². The Bertz CT molecular complexity index is 959. The normalized spacial score (nSPS) is 22.5. The molecule has 1 saturated carbocycles. The number of hydrogen-bond donors (Lipinski definition) is 1. The second kappa shape index (κ2) is 10.4. The van der Waals surface area contributed by atoms with Gasteiger partial charge in [0.05, 0.1) is 6.04 Å². The molecule has 5 rings (SSSR count). The molecule has 2 heterocycles. The summed E-state index contributed by atoms with van der Waals surface area (Å²) in [7, 11) is 0. The van der Waals surface area contributed by atoms with Crippen LogP contribution < -0.4 is 5.43 Å². The lowest BCUT2D eigenvalue weighted by atomic mass is 9.89. The van der Waals surface area contributed by atoms with Crippen molar-refractivity contribution in [2.24, 2.45) is 0 Å². The quantitative estimate of drug-likeness (QED) is 0.591. The lowest BCUT2D eigenvalue weighted by molar-refractivity contribution is 0.0742. The van der Waals surface area contributed by atoms with Gasteiger partial charge in [0.2, 0.25) is 0 Å². The number of halogens is 1. The number of nitrogens with zero attached hydrogens (tertiary/aromatic N) is 3. The van der Waals surface area contributed by atoms with Crippen molar-refractivity contribution in [2.45, 2.75) is 95.4 Å². The van der Waals surface area contributed by atoms with Crippen LogP contribution in [0, 0.1) is 5.82 Å². The summed E-state index contributed by atoms with van der Waals surface area (Å²) in [6.45, 7) is 1.83. The number of rotatable bonds is 5. The first kappa shape index (κ1) is 22.6. The Morgan fingerprint density at radius 2 is 1.76 bits per heavy atom. The van der Waals surface area contributed by atoms with Crippen LogP contribution in [0.3, 0.4) is 0 Å². The van der Waals surface area contributed by atoms with Crippen LogP contribution in [0.25, 0.3) is 0 Å². The van der Waals surface area contributed by atoms with E-state index in [2.05, 4.69) is 15.1 Å². The molecule has 5 nitrogen and oxygen atoms in total. The first-order valence-electron chi connectivity index (χ1n) is 13.1. The SMILES string of the molecule is O=C(NN1CCCCC1)c1nn(C2CCCCC2)c2c1CCCCC2Cc1cccc(F)c1. The number of benzene rings is 1. The van der Waals surface area contributed by atoms with E-state index in [1.165, 1.54) is 37.4 Å². The third-order valence-electron chi connectivity index (χ3n) is 7.79. The van der Waals surface area contributed by atoms with E-state index in [9.17, 15) is 9.18 Å². The van der Waals surface area contributed by atoms with E-state index in [-0.39, 0.29) is 17.6 Å². The zero-order valence-corrected chi connectivity index (χ0v) is 19.7. The average molecular weight is 453 g/mol. The Morgan fingerprint density at radius 3 is 2.55 bits per heavy atom. The number of nitrogens with one attached hydrogen (secondary N) is 1. The molecule has 1 aromatic heterocycles. The highest BCUT2D eigenvalue weighted by atomic mass is 19.1. The second-order valence-electron chi connectivity index (χ2n) is 10.2. The average Bonchev–Trinajstić information content (AvgIpc) is 3.10. The van der Waals surface area contributed by atoms with E-state index < -0.39 is 0 Å². The lowest BCUT2D eigenvalue weighted by Gasteiger charge is -2.27. The highest BCUT2D eigenvalue weighted by Crippen LogP contribution is 2.39. The third kappa shape index (κ3) is 5.16. The minimum Gasteiger partial charge on any atom is -0.283 e. The fourth-order valence-electron chi connectivity index (χ4n) is 6.13. The highest BCUT2D eigenvalue weighted by Gasteiger charge is 2.33. The first-order valence-corrected chi connectivity index (χ1v) is 13.1. The lowest BCUT2D eigenvalue weighted by Crippen LogP contribution is -2.45. The van der Waals surface area contributed by atoms with Crippen molar-refractivity contribution in [3.8, 4) is 0 Å². The molecule has 0 bridgehead atoms. The van der Waals surface area contributed by atoms with E-state index in [0.29, 0.717) is 11.7 Å². The zero-order chi connectivity index (χ0) is 22.6. The van der Waals surface area contributed by atoms with Crippen molar-refractivity contribution in [3.63, 3.8) is 0 Å². The van der Waals surface area contributed by atoms with Crippen molar-refractivity contribution in [2.75, 3.05) is 13.1 Å². The summed E-state index contributed by atoms with van der Waals surface area (Å²) in [6, 6.07) is 7.38. The molecule has 3 aliphatic rings. The highest BCUT2D eigenvalue weighted by molar-refractivity contribution is 5.93. The maximum absolute atomic E-state index is 13.9. The zero-order valence-electron chi connectivity index (χ0n) is 19.7. The Kier molecular flexibility index (Phi) is 7.10.